The van der Waals surface area contributed by atoms with Gasteiger partial charge in [-0.25, -0.2) is 0 Å². The summed E-state index contributed by atoms with van der Waals surface area (Å²) < 4.78 is 0. The second kappa shape index (κ2) is 4.66. The molecule has 1 aliphatic heterocycles. The molecular weight excluding hydrogens is 152 g/mol. The smallest absolute Gasteiger partial charge is 0.0511 e. The summed E-state index contributed by atoms with van der Waals surface area (Å²) in [7, 11) is 0. The molecule has 66 valence electrons. The number of hydrogen-bond acceptors (Lipinski definition) is 4. The van der Waals surface area contributed by atoms with Gasteiger partial charge in [0, 0.05) is 19.3 Å². The Kier molecular flexibility index (Phi) is 3.47. The van der Waals surface area contributed by atoms with Crippen molar-refractivity contribution >= 4 is 11.9 Å². The van der Waals surface area contributed by atoms with Crippen molar-refractivity contribution in [1.82, 2.24) is 5.32 Å². The van der Waals surface area contributed by atoms with Crippen molar-refractivity contribution in [3.8, 4) is 0 Å². The van der Waals surface area contributed by atoms with E-state index in [4.69, 9.17) is 11.1 Å². The van der Waals surface area contributed by atoms with Crippen LogP contribution in [0.5, 0.6) is 0 Å². The summed E-state index contributed by atoms with van der Waals surface area (Å²) in [5.74, 6) is 0. The Morgan fingerprint density at radius 2 is 2.50 bits per heavy atom. The Labute approximate surface area is 72.1 Å². The van der Waals surface area contributed by atoms with Crippen molar-refractivity contribution in [2.24, 2.45) is 10.7 Å². The third-order valence-electron chi connectivity index (χ3n) is 1.63. The van der Waals surface area contributed by atoms with Gasteiger partial charge in [0.2, 0.25) is 0 Å². The fraction of sp³-hybridized carbons (Fsp3) is 0.500. The van der Waals surface area contributed by atoms with Gasteiger partial charge in [0.15, 0.2) is 0 Å². The maximum Gasteiger partial charge on any atom is 0.0511 e. The van der Waals surface area contributed by atoms with Crippen LogP contribution in [0.3, 0.4) is 0 Å². The first-order valence-corrected chi connectivity index (χ1v) is 4.04. The lowest BCUT2D eigenvalue weighted by molar-refractivity contribution is 0.735. The third-order valence-corrected chi connectivity index (χ3v) is 1.63. The number of allylic oxidation sites excluding steroid dienone is 1. The molecule has 0 amide bonds. The Hall–Kier alpha value is -1.16. The van der Waals surface area contributed by atoms with Gasteiger partial charge in [-0.2, -0.15) is 0 Å². The normalized spacial score (nSPS) is 19.7. The zero-order valence-electron chi connectivity index (χ0n) is 7.01. The van der Waals surface area contributed by atoms with Gasteiger partial charge in [-0.1, -0.05) is 0 Å². The van der Waals surface area contributed by atoms with Crippen molar-refractivity contribution in [3.63, 3.8) is 0 Å². The molecule has 0 aromatic carbocycles. The van der Waals surface area contributed by atoms with E-state index >= 15 is 0 Å². The molecule has 0 spiro atoms. The molecule has 0 bridgehead atoms. The van der Waals surface area contributed by atoms with E-state index < -0.39 is 0 Å². The van der Waals surface area contributed by atoms with Gasteiger partial charge < -0.3 is 16.5 Å². The zero-order chi connectivity index (χ0) is 8.81. The fourth-order valence-electron chi connectivity index (χ4n) is 1.03. The van der Waals surface area contributed by atoms with Crippen LogP contribution < -0.4 is 11.1 Å². The number of nitrogens with one attached hydrogen (secondary N) is 2. The Morgan fingerprint density at radius 3 is 3.25 bits per heavy atom. The van der Waals surface area contributed by atoms with Crippen LogP contribution in [0, 0.1) is 5.41 Å². The van der Waals surface area contributed by atoms with Crippen LogP contribution in [0.1, 0.15) is 6.42 Å². The van der Waals surface area contributed by atoms with Crippen LogP contribution in [0.2, 0.25) is 0 Å². The van der Waals surface area contributed by atoms with Gasteiger partial charge in [-0.05, 0) is 19.0 Å². The zero-order valence-corrected chi connectivity index (χ0v) is 7.01. The summed E-state index contributed by atoms with van der Waals surface area (Å²) in [5, 5.41) is 10.1. The lowest BCUT2D eigenvalue weighted by Gasteiger charge is -1.98. The first-order chi connectivity index (χ1) is 5.83. The minimum absolute atomic E-state index is 0.456. The summed E-state index contributed by atoms with van der Waals surface area (Å²) in [5.41, 5.74) is 6.86. The van der Waals surface area contributed by atoms with Crippen molar-refractivity contribution in [2.75, 3.05) is 19.6 Å². The van der Waals surface area contributed by atoms with Crippen LogP contribution in [-0.4, -0.2) is 31.6 Å². The van der Waals surface area contributed by atoms with Crippen LogP contribution in [0.15, 0.2) is 16.8 Å². The van der Waals surface area contributed by atoms with E-state index in [9.17, 15) is 0 Å². The molecule has 1 rings (SSSR count). The first kappa shape index (κ1) is 8.93. The predicted octanol–water partition coefficient (Wildman–Crippen LogP) is -0.0871. The number of hydrogen-bond donors (Lipinski definition) is 3. The topological polar surface area (TPSA) is 74.3 Å². The van der Waals surface area contributed by atoms with Crippen LogP contribution >= 0.6 is 0 Å². The van der Waals surface area contributed by atoms with E-state index in [1.165, 1.54) is 0 Å². The summed E-state index contributed by atoms with van der Waals surface area (Å²) in [6, 6.07) is 0. The molecule has 0 saturated carbocycles. The second-order valence-electron chi connectivity index (χ2n) is 2.69. The highest BCUT2D eigenvalue weighted by molar-refractivity contribution is 6.00. The van der Waals surface area contributed by atoms with Crippen molar-refractivity contribution in [3.05, 3.63) is 11.8 Å². The molecule has 0 radical (unpaired) electrons. The van der Waals surface area contributed by atoms with Crippen LogP contribution in [-0.2, 0) is 0 Å². The highest BCUT2D eigenvalue weighted by Gasteiger charge is 1.99. The second-order valence-corrected chi connectivity index (χ2v) is 2.69. The molecule has 4 nitrogen and oxygen atoms in total. The fourth-order valence-corrected chi connectivity index (χ4v) is 1.03. The SMILES string of the molecule is N=C/C(N)=C/C1=NCCCNC1. The maximum absolute atomic E-state index is 6.89. The van der Waals surface area contributed by atoms with Gasteiger partial charge in [-0.3, -0.25) is 4.99 Å². The van der Waals surface area contributed by atoms with Gasteiger partial charge in [0.05, 0.1) is 11.4 Å². The number of aliphatic imine (C=N–C) groups is 1. The summed E-state index contributed by atoms with van der Waals surface area (Å²) >= 11 is 0. The molecule has 1 heterocycles. The molecule has 0 aromatic heterocycles. The maximum atomic E-state index is 6.89. The lowest BCUT2D eigenvalue weighted by Crippen LogP contribution is -2.21. The molecule has 0 atom stereocenters. The van der Waals surface area contributed by atoms with Gasteiger partial charge >= 0.3 is 0 Å². The van der Waals surface area contributed by atoms with E-state index in [1.807, 2.05) is 0 Å². The minimum Gasteiger partial charge on any atom is -0.397 e. The van der Waals surface area contributed by atoms with Crippen molar-refractivity contribution < 1.29 is 0 Å². The number of nitrogens with two attached hydrogens (primary N) is 1. The van der Waals surface area contributed by atoms with E-state index in [0.29, 0.717) is 5.70 Å². The van der Waals surface area contributed by atoms with E-state index in [0.717, 1.165) is 38.0 Å². The molecule has 0 aromatic rings. The molecule has 4 heteroatoms. The van der Waals surface area contributed by atoms with Gasteiger partial charge in [-0.15, -0.1) is 0 Å². The van der Waals surface area contributed by atoms with Gasteiger partial charge in [0.25, 0.3) is 0 Å². The average Bonchev–Trinajstić information content (AvgIpc) is 2.33. The molecule has 4 N–H and O–H groups in total. The third kappa shape index (κ3) is 2.84. The van der Waals surface area contributed by atoms with Crippen LogP contribution in [0.25, 0.3) is 0 Å². The van der Waals surface area contributed by atoms with E-state index in [-0.39, 0.29) is 0 Å². The van der Waals surface area contributed by atoms with E-state index in [1.54, 1.807) is 6.08 Å². The average molecular weight is 166 g/mol. The van der Waals surface area contributed by atoms with Crippen molar-refractivity contribution in [2.45, 2.75) is 6.42 Å². The Morgan fingerprint density at radius 1 is 1.67 bits per heavy atom. The van der Waals surface area contributed by atoms with Gasteiger partial charge in [0.1, 0.15) is 0 Å². The molecule has 1 aliphatic rings. The molecule has 0 saturated heterocycles. The van der Waals surface area contributed by atoms with Crippen LogP contribution in [0.4, 0.5) is 0 Å². The monoisotopic (exact) mass is 166 g/mol. The highest BCUT2D eigenvalue weighted by atomic mass is 14.9. The predicted molar refractivity (Wildman–Crippen MR) is 50.8 cm³/mol. The Bertz CT molecular complexity index is 217. The molecule has 0 fully saturated rings. The molecule has 0 aliphatic carbocycles. The largest absolute Gasteiger partial charge is 0.397 e. The van der Waals surface area contributed by atoms with E-state index in [2.05, 4.69) is 10.3 Å². The summed E-state index contributed by atoms with van der Waals surface area (Å²) in [4.78, 5) is 4.31. The Balaban J connectivity index is 2.59. The van der Waals surface area contributed by atoms with Crippen molar-refractivity contribution in [1.29, 1.82) is 5.41 Å². The number of rotatable bonds is 2. The quantitative estimate of drug-likeness (QED) is 0.502. The number of nitrogens with zero attached hydrogens (tertiary/aromatic N) is 1. The molecule has 12 heavy (non-hydrogen) atoms. The summed E-state index contributed by atoms with van der Waals surface area (Å²) in [6.07, 6.45) is 3.95. The highest BCUT2D eigenvalue weighted by Crippen LogP contribution is 1.91. The first-order valence-electron chi connectivity index (χ1n) is 4.04. The summed E-state index contributed by atoms with van der Waals surface area (Å²) in [6.45, 7) is 2.62. The lowest BCUT2D eigenvalue weighted by atomic mass is 10.3. The molecular formula is C8H14N4. The standard InChI is InChI=1S/C8H14N4/c9-5-7(10)4-8-6-11-2-1-3-12-8/h4-5,9,11H,1-3,6,10H2/b7-4-,9-5?. The minimum atomic E-state index is 0.456. The molecule has 0 unspecified atom stereocenters.